The molecule has 23 heavy (non-hydrogen) atoms. The third kappa shape index (κ3) is 3.29. The zero-order valence-corrected chi connectivity index (χ0v) is 12.1. The van der Waals surface area contributed by atoms with Crippen molar-refractivity contribution in [1.82, 2.24) is 4.98 Å². The molecular formula is C16H14N4O3. The van der Waals surface area contributed by atoms with E-state index >= 15 is 0 Å². The van der Waals surface area contributed by atoms with Crippen LogP contribution in [0.3, 0.4) is 0 Å². The fourth-order valence-corrected chi connectivity index (χ4v) is 2.14. The quantitative estimate of drug-likeness (QED) is 0.424. The van der Waals surface area contributed by atoms with E-state index in [1.807, 2.05) is 30.3 Å². The van der Waals surface area contributed by atoms with Crippen LogP contribution in [-0.4, -0.2) is 9.91 Å². The van der Waals surface area contributed by atoms with Gasteiger partial charge in [-0.25, -0.2) is 4.98 Å². The number of nitrogens with two attached hydrogens (primary N) is 1. The van der Waals surface area contributed by atoms with Gasteiger partial charge >= 0.3 is 0 Å². The molecule has 0 unspecified atom stereocenters. The Morgan fingerprint density at radius 2 is 2.00 bits per heavy atom. The summed E-state index contributed by atoms with van der Waals surface area (Å²) in [6.07, 6.45) is 1.52. The molecule has 0 aliphatic heterocycles. The van der Waals surface area contributed by atoms with Crippen LogP contribution in [0.1, 0.15) is 5.69 Å². The molecule has 0 aliphatic rings. The van der Waals surface area contributed by atoms with Gasteiger partial charge in [0.25, 0.3) is 5.69 Å². The van der Waals surface area contributed by atoms with Gasteiger partial charge in [0, 0.05) is 17.3 Å². The number of nitro benzene ring substituents is 1. The molecule has 3 N–H and O–H groups in total. The largest absolute Gasteiger partial charge is 0.444 e. The number of hydrogen-bond donors (Lipinski definition) is 2. The average Bonchev–Trinajstić information content (AvgIpc) is 3.02. The number of hydrogen-bond acceptors (Lipinski definition) is 6. The van der Waals surface area contributed by atoms with E-state index in [4.69, 9.17) is 10.2 Å². The number of nitrogens with one attached hydrogen (secondary N) is 1. The van der Waals surface area contributed by atoms with E-state index in [1.165, 1.54) is 24.5 Å². The average molecular weight is 310 g/mol. The summed E-state index contributed by atoms with van der Waals surface area (Å²) in [5.74, 6) is 0.504. The number of rotatable bonds is 5. The lowest BCUT2D eigenvalue weighted by Gasteiger charge is -2.06. The van der Waals surface area contributed by atoms with Crippen molar-refractivity contribution in [3.8, 4) is 11.5 Å². The Morgan fingerprint density at radius 3 is 2.74 bits per heavy atom. The fraction of sp³-hybridized carbons (Fsp3) is 0.0625. The van der Waals surface area contributed by atoms with Gasteiger partial charge in [0.2, 0.25) is 5.89 Å². The normalized spacial score (nSPS) is 10.4. The Bertz CT molecular complexity index is 830. The number of aromatic nitrogens is 1. The summed E-state index contributed by atoms with van der Waals surface area (Å²) < 4.78 is 5.43. The van der Waals surface area contributed by atoms with Crippen LogP contribution in [0, 0.1) is 10.1 Å². The molecule has 0 saturated heterocycles. The molecule has 0 saturated carbocycles. The van der Waals surface area contributed by atoms with Crippen LogP contribution >= 0.6 is 0 Å². The van der Waals surface area contributed by atoms with Crippen LogP contribution in [0.4, 0.5) is 17.1 Å². The summed E-state index contributed by atoms with van der Waals surface area (Å²) in [5.41, 5.74) is 7.95. The minimum absolute atomic E-state index is 0.0361. The minimum atomic E-state index is -0.458. The Balaban J connectivity index is 1.76. The van der Waals surface area contributed by atoms with Crippen molar-refractivity contribution in [1.29, 1.82) is 0 Å². The molecule has 116 valence electrons. The highest BCUT2D eigenvalue weighted by molar-refractivity contribution is 5.67. The van der Waals surface area contributed by atoms with Gasteiger partial charge in [0.1, 0.15) is 12.0 Å². The fourth-order valence-electron chi connectivity index (χ4n) is 2.14. The van der Waals surface area contributed by atoms with Gasteiger partial charge in [-0.1, -0.05) is 18.2 Å². The highest BCUT2D eigenvalue weighted by atomic mass is 16.6. The summed E-state index contributed by atoms with van der Waals surface area (Å²) >= 11 is 0. The van der Waals surface area contributed by atoms with Gasteiger partial charge in [-0.05, 0) is 24.3 Å². The van der Waals surface area contributed by atoms with E-state index in [0.29, 0.717) is 29.5 Å². The highest BCUT2D eigenvalue weighted by Crippen LogP contribution is 2.27. The van der Waals surface area contributed by atoms with Crippen molar-refractivity contribution in [2.45, 2.75) is 6.54 Å². The number of anilines is 2. The lowest BCUT2D eigenvalue weighted by Crippen LogP contribution is -2.03. The summed E-state index contributed by atoms with van der Waals surface area (Å²) in [5, 5.41) is 14.0. The number of benzene rings is 2. The molecule has 0 bridgehead atoms. The van der Waals surface area contributed by atoms with Crippen molar-refractivity contribution < 1.29 is 9.34 Å². The predicted octanol–water partition coefficient (Wildman–Crippen LogP) is 3.44. The first kappa shape index (κ1) is 14.6. The Kier molecular flexibility index (Phi) is 3.92. The maximum absolute atomic E-state index is 11.0. The number of nitrogens with zero attached hydrogens (tertiary/aromatic N) is 2. The standard InChI is InChI=1S/C16H14N4O3/c17-12-6-7-15(20(21)22)14(8-12)18-9-13-10-23-16(19-13)11-4-2-1-3-5-11/h1-8,10,18H,9,17H2. The van der Waals surface area contributed by atoms with Crippen LogP contribution < -0.4 is 11.1 Å². The molecule has 0 aliphatic carbocycles. The Hall–Kier alpha value is -3.35. The second kappa shape index (κ2) is 6.18. The van der Waals surface area contributed by atoms with Crippen LogP contribution in [0.15, 0.2) is 59.2 Å². The monoisotopic (exact) mass is 310 g/mol. The smallest absolute Gasteiger partial charge is 0.292 e. The van der Waals surface area contributed by atoms with E-state index in [1.54, 1.807) is 0 Å². The third-order valence-electron chi connectivity index (χ3n) is 3.25. The molecule has 0 spiro atoms. The topological polar surface area (TPSA) is 107 Å². The van der Waals surface area contributed by atoms with Crippen LogP contribution in [0.2, 0.25) is 0 Å². The predicted molar refractivity (Wildman–Crippen MR) is 86.8 cm³/mol. The van der Waals surface area contributed by atoms with E-state index in [0.717, 1.165) is 5.56 Å². The molecule has 1 aromatic heterocycles. The summed E-state index contributed by atoms with van der Waals surface area (Å²) in [6, 6.07) is 13.9. The molecule has 2 aromatic carbocycles. The molecule has 0 fully saturated rings. The third-order valence-corrected chi connectivity index (χ3v) is 3.25. The maximum Gasteiger partial charge on any atom is 0.292 e. The second-order valence-corrected chi connectivity index (χ2v) is 4.90. The SMILES string of the molecule is Nc1ccc([N+](=O)[O-])c(NCc2coc(-c3ccccc3)n2)c1. The number of nitrogen functional groups attached to an aromatic ring is 1. The van der Waals surface area contributed by atoms with Crippen LogP contribution in [-0.2, 0) is 6.54 Å². The van der Waals surface area contributed by atoms with E-state index in [-0.39, 0.29) is 5.69 Å². The molecule has 3 aromatic rings. The van der Waals surface area contributed by atoms with E-state index in [2.05, 4.69) is 10.3 Å². The van der Waals surface area contributed by atoms with Gasteiger partial charge in [-0.3, -0.25) is 10.1 Å². The minimum Gasteiger partial charge on any atom is -0.444 e. The Morgan fingerprint density at radius 1 is 1.22 bits per heavy atom. The number of oxazole rings is 1. The lowest BCUT2D eigenvalue weighted by molar-refractivity contribution is -0.383. The van der Waals surface area contributed by atoms with Gasteiger partial charge in [-0.15, -0.1) is 0 Å². The van der Waals surface area contributed by atoms with Crippen molar-refractivity contribution in [2.24, 2.45) is 0 Å². The van der Waals surface area contributed by atoms with Crippen molar-refractivity contribution in [3.05, 3.63) is 70.6 Å². The molecule has 3 rings (SSSR count). The van der Waals surface area contributed by atoms with Crippen molar-refractivity contribution >= 4 is 17.1 Å². The summed E-state index contributed by atoms with van der Waals surface area (Å²) in [6.45, 7) is 0.292. The van der Waals surface area contributed by atoms with Gasteiger partial charge in [0.15, 0.2) is 0 Å². The van der Waals surface area contributed by atoms with E-state index < -0.39 is 4.92 Å². The molecule has 7 nitrogen and oxygen atoms in total. The van der Waals surface area contributed by atoms with Gasteiger partial charge < -0.3 is 15.5 Å². The molecule has 0 amide bonds. The number of nitro groups is 1. The van der Waals surface area contributed by atoms with Crippen molar-refractivity contribution in [3.63, 3.8) is 0 Å². The van der Waals surface area contributed by atoms with Gasteiger partial charge in [-0.2, -0.15) is 0 Å². The van der Waals surface area contributed by atoms with E-state index in [9.17, 15) is 10.1 Å². The highest BCUT2D eigenvalue weighted by Gasteiger charge is 2.14. The zero-order valence-electron chi connectivity index (χ0n) is 12.1. The van der Waals surface area contributed by atoms with Crippen LogP contribution in [0.5, 0.6) is 0 Å². The maximum atomic E-state index is 11.0. The zero-order chi connectivity index (χ0) is 16.2. The molecular weight excluding hydrogens is 296 g/mol. The summed E-state index contributed by atoms with van der Waals surface area (Å²) in [4.78, 5) is 14.9. The van der Waals surface area contributed by atoms with Gasteiger partial charge in [0.05, 0.1) is 17.2 Å². The summed E-state index contributed by atoms with van der Waals surface area (Å²) in [7, 11) is 0. The lowest BCUT2D eigenvalue weighted by atomic mass is 10.2. The second-order valence-electron chi connectivity index (χ2n) is 4.90. The first-order valence-electron chi connectivity index (χ1n) is 6.91. The molecule has 1 heterocycles. The first-order valence-corrected chi connectivity index (χ1v) is 6.91. The first-order chi connectivity index (χ1) is 11.1. The molecule has 7 heteroatoms. The Labute approximate surface area is 131 Å². The molecule has 0 atom stereocenters. The van der Waals surface area contributed by atoms with Crippen LogP contribution in [0.25, 0.3) is 11.5 Å². The van der Waals surface area contributed by atoms with Crippen molar-refractivity contribution in [2.75, 3.05) is 11.1 Å². The molecule has 0 radical (unpaired) electrons.